The Morgan fingerprint density at radius 3 is 2.20 bits per heavy atom. The molecule has 1 heterocycles. The fourth-order valence-electron chi connectivity index (χ4n) is 4.11. The average molecular weight is 345 g/mol. The predicted molar refractivity (Wildman–Crippen MR) is 92.1 cm³/mol. The minimum Gasteiger partial charge on any atom is -0.360 e. The summed E-state index contributed by atoms with van der Waals surface area (Å²) >= 11 is 0. The first kappa shape index (κ1) is 16.6. The standard InChI is InChI=1S/C19H27N3O3/c23-18(13-3-1-2-4-13)20-14-7-9-15(10-8-14)21-19(24)16-11-17(25-22-16)12-5-6-12/h11-15H,1-10H2,(H,20,23)(H,21,24). The van der Waals surface area contributed by atoms with Gasteiger partial charge in [0.05, 0.1) is 0 Å². The first-order valence-corrected chi connectivity index (χ1v) is 9.77. The molecule has 4 rings (SSSR count). The second-order valence-corrected chi connectivity index (χ2v) is 7.90. The number of nitrogens with zero attached hydrogens (tertiary/aromatic N) is 1. The average Bonchev–Trinajstić information content (AvgIpc) is 3.13. The van der Waals surface area contributed by atoms with E-state index in [-0.39, 0.29) is 29.8 Å². The van der Waals surface area contributed by atoms with Crippen molar-refractivity contribution in [1.29, 1.82) is 0 Å². The summed E-state index contributed by atoms with van der Waals surface area (Å²) in [5.74, 6) is 1.62. The van der Waals surface area contributed by atoms with Gasteiger partial charge in [0, 0.05) is 30.0 Å². The Labute approximate surface area is 148 Å². The van der Waals surface area contributed by atoms with Crippen molar-refractivity contribution in [3.63, 3.8) is 0 Å². The number of aromatic nitrogens is 1. The number of hydrogen-bond acceptors (Lipinski definition) is 4. The Bertz CT molecular complexity index is 624. The molecule has 0 bridgehead atoms. The molecule has 25 heavy (non-hydrogen) atoms. The maximum Gasteiger partial charge on any atom is 0.273 e. The van der Waals surface area contributed by atoms with Crippen LogP contribution >= 0.6 is 0 Å². The number of carbonyl (C=O) groups excluding carboxylic acids is 2. The Hall–Kier alpha value is -1.85. The predicted octanol–water partition coefficient (Wildman–Crippen LogP) is 2.90. The van der Waals surface area contributed by atoms with E-state index in [1.807, 2.05) is 0 Å². The summed E-state index contributed by atoms with van der Waals surface area (Å²) in [4.78, 5) is 24.5. The van der Waals surface area contributed by atoms with Crippen molar-refractivity contribution in [3.8, 4) is 0 Å². The molecular formula is C19H27N3O3. The normalized spacial score (nSPS) is 27.2. The van der Waals surface area contributed by atoms with Crippen LogP contribution in [0.15, 0.2) is 10.6 Å². The van der Waals surface area contributed by atoms with E-state index in [2.05, 4.69) is 15.8 Å². The number of rotatable bonds is 5. The van der Waals surface area contributed by atoms with E-state index >= 15 is 0 Å². The quantitative estimate of drug-likeness (QED) is 0.859. The van der Waals surface area contributed by atoms with Gasteiger partial charge in [-0.3, -0.25) is 9.59 Å². The highest BCUT2D eigenvalue weighted by atomic mass is 16.5. The highest BCUT2D eigenvalue weighted by Crippen LogP contribution is 2.40. The third-order valence-corrected chi connectivity index (χ3v) is 5.88. The molecule has 2 amide bonds. The lowest BCUT2D eigenvalue weighted by Crippen LogP contribution is -2.45. The summed E-state index contributed by atoms with van der Waals surface area (Å²) < 4.78 is 5.25. The van der Waals surface area contributed by atoms with Gasteiger partial charge < -0.3 is 15.2 Å². The zero-order chi connectivity index (χ0) is 17.2. The van der Waals surface area contributed by atoms with Crippen LogP contribution in [0.3, 0.4) is 0 Å². The van der Waals surface area contributed by atoms with E-state index in [9.17, 15) is 9.59 Å². The van der Waals surface area contributed by atoms with Crippen molar-refractivity contribution in [2.75, 3.05) is 0 Å². The van der Waals surface area contributed by atoms with Crippen molar-refractivity contribution in [2.45, 2.75) is 82.2 Å². The molecule has 6 nitrogen and oxygen atoms in total. The molecule has 2 N–H and O–H groups in total. The van der Waals surface area contributed by atoms with Crippen LogP contribution < -0.4 is 10.6 Å². The second-order valence-electron chi connectivity index (χ2n) is 7.90. The minimum atomic E-state index is -0.144. The highest BCUT2D eigenvalue weighted by Gasteiger charge is 2.30. The van der Waals surface area contributed by atoms with Crippen LogP contribution in [0.4, 0.5) is 0 Å². The molecule has 0 aliphatic heterocycles. The molecule has 6 heteroatoms. The third kappa shape index (κ3) is 4.05. The number of hydrogen-bond donors (Lipinski definition) is 2. The fraction of sp³-hybridized carbons (Fsp3) is 0.737. The van der Waals surface area contributed by atoms with Gasteiger partial charge in [-0.1, -0.05) is 18.0 Å². The van der Waals surface area contributed by atoms with Gasteiger partial charge in [-0.05, 0) is 51.4 Å². The monoisotopic (exact) mass is 345 g/mol. The van der Waals surface area contributed by atoms with E-state index in [1.54, 1.807) is 6.07 Å². The third-order valence-electron chi connectivity index (χ3n) is 5.88. The van der Waals surface area contributed by atoms with Crippen molar-refractivity contribution in [1.82, 2.24) is 15.8 Å². The topological polar surface area (TPSA) is 84.2 Å². The van der Waals surface area contributed by atoms with E-state index in [0.717, 1.165) is 57.1 Å². The Balaban J connectivity index is 1.21. The van der Waals surface area contributed by atoms with Gasteiger partial charge in [-0.25, -0.2) is 0 Å². The van der Waals surface area contributed by atoms with Crippen LogP contribution in [0, 0.1) is 5.92 Å². The molecule has 0 saturated heterocycles. The number of carbonyl (C=O) groups is 2. The summed E-state index contributed by atoms with van der Waals surface area (Å²) in [5.41, 5.74) is 0.388. The van der Waals surface area contributed by atoms with Gasteiger partial charge in [-0.2, -0.15) is 0 Å². The van der Waals surface area contributed by atoms with Gasteiger partial charge in [0.25, 0.3) is 5.91 Å². The van der Waals surface area contributed by atoms with Crippen molar-refractivity contribution in [3.05, 3.63) is 17.5 Å². The number of amides is 2. The van der Waals surface area contributed by atoms with E-state index in [0.29, 0.717) is 11.6 Å². The SMILES string of the molecule is O=C(NC1CCC(NC(=O)C2CCCC2)CC1)c1cc(C2CC2)on1. The summed E-state index contributed by atoms with van der Waals surface area (Å²) in [6, 6.07) is 2.20. The van der Waals surface area contributed by atoms with Crippen LogP contribution in [0.2, 0.25) is 0 Å². The molecule has 0 radical (unpaired) electrons. The zero-order valence-electron chi connectivity index (χ0n) is 14.6. The molecule has 1 aromatic heterocycles. The van der Waals surface area contributed by atoms with E-state index < -0.39 is 0 Å². The molecule has 3 aliphatic rings. The number of nitrogens with one attached hydrogen (secondary N) is 2. The minimum absolute atomic E-state index is 0.144. The van der Waals surface area contributed by atoms with Gasteiger partial charge in [0.1, 0.15) is 5.76 Å². The molecular weight excluding hydrogens is 318 g/mol. The van der Waals surface area contributed by atoms with E-state index in [1.165, 1.54) is 12.8 Å². The van der Waals surface area contributed by atoms with Crippen molar-refractivity contribution in [2.24, 2.45) is 5.92 Å². The van der Waals surface area contributed by atoms with Crippen LogP contribution in [0.25, 0.3) is 0 Å². The molecule has 3 aliphatic carbocycles. The van der Waals surface area contributed by atoms with Gasteiger partial charge in [0.15, 0.2) is 5.69 Å². The molecule has 3 saturated carbocycles. The first-order chi connectivity index (χ1) is 12.2. The lowest BCUT2D eigenvalue weighted by molar-refractivity contribution is -0.125. The Kier molecular flexibility index (Phi) is 4.77. The zero-order valence-corrected chi connectivity index (χ0v) is 14.6. The van der Waals surface area contributed by atoms with Gasteiger partial charge in [-0.15, -0.1) is 0 Å². The van der Waals surface area contributed by atoms with Crippen molar-refractivity contribution >= 4 is 11.8 Å². The lowest BCUT2D eigenvalue weighted by Gasteiger charge is -2.30. The molecule has 136 valence electrons. The Morgan fingerprint density at radius 1 is 0.920 bits per heavy atom. The van der Waals surface area contributed by atoms with Crippen LogP contribution in [-0.4, -0.2) is 29.1 Å². The molecule has 0 aromatic carbocycles. The molecule has 1 aromatic rings. The summed E-state index contributed by atoms with van der Waals surface area (Å²) in [6.07, 6.45) is 10.4. The summed E-state index contributed by atoms with van der Waals surface area (Å²) in [6.45, 7) is 0. The maximum atomic E-state index is 12.3. The lowest BCUT2D eigenvalue weighted by atomic mass is 9.90. The maximum absolute atomic E-state index is 12.3. The molecule has 0 atom stereocenters. The molecule has 0 spiro atoms. The molecule has 3 fully saturated rings. The van der Waals surface area contributed by atoms with Crippen LogP contribution in [0.1, 0.15) is 86.4 Å². The summed E-state index contributed by atoms with van der Waals surface area (Å²) in [7, 11) is 0. The Morgan fingerprint density at radius 2 is 1.56 bits per heavy atom. The fourth-order valence-corrected chi connectivity index (χ4v) is 4.11. The molecule has 0 unspecified atom stereocenters. The largest absolute Gasteiger partial charge is 0.360 e. The van der Waals surface area contributed by atoms with Crippen LogP contribution in [-0.2, 0) is 4.79 Å². The van der Waals surface area contributed by atoms with Gasteiger partial charge >= 0.3 is 0 Å². The smallest absolute Gasteiger partial charge is 0.273 e. The van der Waals surface area contributed by atoms with Gasteiger partial charge in [0.2, 0.25) is 5.91 Å². The first-order valence-electron chi connectivity index (χ1n) is 9.77. The second kappa shape index (κ2) is 7.18. The van der Waals surface area contributed by atoms with Crippen molar-refractivity contribution < 1.29 is 14.1 Å². The van der Waals surface area contributed by atoms with E-state index in [4.69, 9.17) is 4.52 Å². The highest BCUT2D eigenvalue weighted by molar-refractivity contribution is 5.92. The summed E-state index contributed by atoms with van der Waals surface area (Å²) in [5, 5.41) is 10.2. The van der Waals surface area contributed by atoms with Crippen LogP contribution in [0.5, 0.6) is 0 Å².